The number of sulfone groups is 1. The molecule has 2 rings (SSSR count). The third kappa shape index (κ3) is 3.13. The fourth-order valence-corrected chi connectivity index (χ4v) is 3.32. The number of benzene rings is 1. The predicted molar refractivity (Wildman–Crippen MR) is 68.9 cm³/mol. The number of para-hydroxylation sites is 1. The zero-order valence-electron chi connectivity index (χ0n) is 9.21. The molecule has 0 bridgehead atoms. The van der Waals surface area contributed by atoms with E-state index in [1.54, 1.807) is 18.2 Å². The van der Waals surface area contributed by atoms with E-state index in [1.165, 1.54) is 18.0 Å². The van der Waals surface area contributed by atoms with Crippen molar-refractivity contribution in [3.8, 4) is 0 Å². The van der Waals surface area contributed by atoms with E-state index in [9.17, 15) is 8.42 Å². The number of fused-ring (bicyclic) bond motifs is 1. The number of oxazole rings is 1. The van der Waals surface area contributed by atoms with Gasteiger partial charge in [-0.05, 0) is 12.1 Å². The van der Waals surface area contributed by atoms with Gasteiger partial charge in [0.15, 0.2) is 5.58 Å². The molecule has 1 aromatic heterocycles. The summed E-state index contributed by atoms with van der Waals surface area (Å²) in [6, 6.07) is 5.31. The zero-order chi connectivity index (χ0) is 12.5. The molecule has 7 heteroatoms. The van der Waals surface area contributed by atoms with Crippen molar-refractivity contribution in [3.63, 3.8) is 0 Å². The topological polar surface area (TPSA) is 86.2 Å². The van der Waals surface area contributed by atoms with E-state index < -0.39 is 9.84 Å². The van der Waals surface area contributed by atoms with Crippen molar-refractivity contribution in [1.82, 2.24) is 4.98 Å². The summed E-state index contributed by atoms with van der Waals surface area (Å²) < 4.78 is 27.4. The Morgan fingerprint density at radius 2 is 2.24 bits per heavy atom. The van der Waals surface area contributed by atoms with Crippen LogP contribution in [0.2, 0.25) is 0 Å². The van der Waals surface area contributed by atoms with Crippen molar-refractivity contribution in [1.29, 1.82) is 0 Å². The molecule has 2 aromatic rings. The molecule has 0 amide bonds. The molecule has 0 saturated carbocycles. The summed E-state index contributed by atoms with van der Waals surface area (Å²) >= 11 is 1.27. The van der Waals surface area contributed by atoms with Crippen LogP contribution in [0.25, 0.3) is 11.1 Å². The van der Waals surface area contributed by atoms with Crippen LogP contribution in [0.3, 0.4) is 0 Å². The molecule has 17 heavy (non-hydrogen) atoms. The third-order valence-corrected chi connectivity index (χ3v) is 4.14. The average Bonchev–Trinajstić information content (AvgIpc) is 2.60. The lowest BCUT2D eigenvalue weighted by Gasteiger charge is -1.94. The van der Waals surface area contributed by atoms with Crippen LogP contribution in [-0.4, -0.2) is 31.2 Å². The Morgan fingerprint density at radius 1 is 1.47 bits per heavy atom. The minimum atomic E-state index is -2.95. The van der Waals surface area contributed by atoms with E-state index in [0.717, 1.165) is 0 Å². The standard InChI is InChI=1S/C10H12N2O3S2/c1-17(13,14)6-5-16-10-12-9-7(11)3-2-4-8(9)15-10/h2-4H,5-6,11H2,1H3. The van der Waals surface area contributed by atoms with Gasteiger partial charge in [0, 0.05) is 12.0 Å². The van der Waals surface area contributed by atoms with Crippen LogP contribution in [0.5, 0.6) is 0 Å². The molecule has 0 radical (unpaired) electrons. The first-order valence-corrected chi connectivity index (χ1v) is 7.96. The molecule has 0 unspecified atom stereocenters. The molecule has 92 valence electrons. The van der Waals surface area contributed by atoms with Gasteiger partial charge < -0.3 is 10.2 Å². The molecule has 1 aromatic carbocycles. The summed E-state index contributed by atoms with van der Waals surface area (Å²) in [5, 5.41) is 0.446. The SMILES string of the molecule is CS(=O)(=O)CCSc1nc2c(N)cccc2o1. The second-order valence-electron chi connectivity index (χ2n) is 3.65. The molecule has 2 N–H and O–H groups in total. The minimum absolute atomic E-state index is 0.103. The summed E-state index contributed by atoms with van der Waals surface area (Å²) in [6.45, 7) is 0. The average molecular weight is 272 g/mol. The van der Waals surface area contributed by atoms with E-state index >= 15 is 0 Å². The van der Waals surface area contributed by atoms with Gasteiger partial charge in [-0.2, -0.15) is 0 Å². The van der Waals surface area contributed by atoms with Gasteiger partial charge in [0.2, 0.25) is 0 Å². The van der Waals surface area contributed by atoms with Crippen LogP contribution < -0.4 is 5.73 Å². The Kier molecular flexibility index (Phi) is 3.30. The fourth-order valence-electron chi connectivity index (χ4n) is 1.29. The van der Waals surface area contributed by atoms with E-state index in [2.05, 4.69) is 4.98 Å². The third-order valence-electron chi connectivity index (χ3n) is 2.11. The molecule has 0 saturated heterocycles. The predicted octanol–water partition coefficient (Wildman–Crippen LogP) is 1.55. The molecule has 0 spiro atoms. The molecule has 0 atom stereocenters. The van der Waals surface area contributed by atoms with E-state index in [1.807, 2.05) is 0 Å². The quantitative estimate of drug-likeness (QED) is 0.671. The lowest BCUT2D eigenvalue weighted by molar-refractivity contribution is 0.489. The lowest BCUT2D eigenvalue weighted by atomic mass is 10.3. The van der Waals surface area contributed by atoms with Gasteiger partial charge in [-0.25, -0.2) is 13.4 Å². The minimum Gasteiger partial charge on any atom is -0.431 e. The highest BCUT2D eigenvalue weighted by Gasteiger charge is 2.09. The molecule has 0 aliphatic rings. The second kappa shape index (κ2) is 4.58. The van der Waals surface area contributed by atoms with Gasteiger partial charge in [0.25, 0.3) is 5.22 Å². The summed E-state index contributed by atoms with van der Waals surface area (Å²) in [7, 11) is -2.95. The van der Waals surface area contributed by atoms with Crippen LogP contribution in [0.4, 0.5) is 5.69 Å². The summed E-state index contributed by atoms with van der Waals surface area (Å²) in [5.41, 5.74) is 7.53. The summed E-state index contributed by atoms with van der Waals surface area (Å²) in [5.74, 6) is 0.525. The van der Waals surface area contributed by atoms with Gasteiger partial charge in [0.05, 0.1) is 11.4 Å². The van der Waals surface area contributed by atoms with Crippen LogP contribution in [0.15, 0.2) is 27.8 Å². The number of nitrogens with zero attached hydrogens (tertiary/aromatic N) is 1. The lowest BCUT2D eigenvalue weighted by Crippen LogP contribution is -2.04. The maximum Gasteiger partial charge on any atom is 0.256 e. The normalized spacial score (nSPS) is 12.1. The van der Waals surface area contributed by atoms with Crippen molar-refractivity contribution in [3.05, 3.63) is 18.2 Å². The number of hydrogen-bond donors (Lipinski definition) is 1. The van der Waals surface area contributed by atoms with Gasteiger partial charge in [-0.15, -0.1) is 0 Å². The molecular formula is C10H12N2O3S2. The van der Waals surface area contributed by atoms with E-state index in [0.29, 0.717) is 27.8 Å². The molecule has 1 heterocycles. The van der Waals surface area contributed by atoms with Crippen molar-refractivity contribution in [2.45, 2.75) is 5.22 Å². The Labute approximate surface area is 103 Å². The maximum absolute atomic E-state index is 11.0. The monoisotopic (exact) mass is 272 g/mol. The van der Waals surface area contributed by atoms with Crippen molar-refractivity contribution < 1.29 is 12.8 Å². The Morgan fingerprint density at radius 3 is 2.88 bits per heavy atom. The van der Waals surface area contributed by atoms with Crippen molar-refractivity contribution in [2.24, 2.45) is 0 Å². The molecule has 0 aliphatic heterocycles. The first-order valence-electron chi connectivity index (χ1n) is 4.91. The zero-order valence-corrected chi connectivity index (χ0v) is 10.8. The Bertz CT molecular complexity index is 634. The van der Waals surface area contributed by atoms with E-state index in [4.69, 9.17) is 10.2 Å². The first-order chi connectivity index (χ1) is 7.96. The Balaban J connectivity index is 2.12. The van der Waals surface area contributed by atoms with Gasteiger partial charge in [0.1, 0.15) is 15.4 Å². The van der Waals surface area contributed by atoms with Crippen LogP contribution >= 0.6 is 11.8 Å². The second-order valence-corrected chi connectivity index (χ2v) is 6.96. The largest absolute Gasteiger partial charge is 0.431 e. The molecule has 0 aliphatic carbocycles. The van der Waals surface area contributed by atoms with Crippen LogP contribution in [0.1, 0.15) is 0 Å². The fraction of sp³-hybridized carbons (Fsp3) is 0.300. The van der Waals surface area contributed by atoms with Crippen LogP contribution in [0, 0.1) is 0 Å². The van der Waals surface area contributed by atoms with Gasteiger partial charge in [-0.3, -0.25) is 0 Å². The summed E-state index contributed by atoms with van der Waals surface area (Å²) in [4.78, 5) is 4.21. The van der Waals surface area contributed by atoms with Gasteiger partial charge in [-0.1, -0.05) is 17.8 Å². The van der Waals surface area contributed by atoms with Crippen molar-refractivity contribution >= 4 is 38.4 Å². The number of thioether (sulfide) groups is 1. The number of hydrogen-bond acceptors (Lipinski definition) is 6. The van der Waals surface area contributed by atoms with Gasteiger partial charge >= 0.3 is 0 Å². The van der Waals surface area contributed by atoms with Crippen molar-refractivity contribution in [2.75, 3.05) is 23.5 Å². The highest BCUT2D eigenvalue weighted by molar-refractivity contribution is 8.00. The van der Waals surface area contributed by atoms with E-state index in [-0.39, 0.29) is 5.75 Å². The number of rotatable bonds is 4. The highest BCUT2D eigenvalue weighted by atomic mass is 32.2. The van der Waals surface area contributed by atoms with Crippen LogP contribution in [-0.2, 0) is 9.84 Å². The number of nitrogens with two attached hydrogens (primary N) is 1. The number of aromatic nitrogens is 1. The number of anilines is 1. The molecule has 0 fully saturated rings. The molecular weight excluding hydrogens is 260 g/mol. The highest BCUT2D eigenvalue weighted by Crippen LogP contribution is 2.26. The maximum atomic E-state index is 11.0. The summed E-state index contributed by atoms with van der Waals surface area (Å²) in [6.07, 6.45) is 1.21. The number of nitrogen functional groups attached to an aromatic ring is 1. The first kappa shape index (κ1) is 12.3. The smallest absolute Gasteiger partial charge is 0.256 e. The molecule has 5 nitrogen and oxygen atoms in total. The Hall–Kier alpha value is -1.21.